The highest BCUT2D eigenvalue weighted by molar-refractivity contribution is 5.15. The number of unbranched alkanes of at least 4 members (excludes halogenated alkanes) is 1. The van der Waals surface area contributed by atoms with Crippen molar-refractivity contribution in [3.8, 4) is 0 Å². The first-order valence-electron chi connectivity index (χ1n) is 4.39. The molecule has 11 heavy (non-hydrogen) atoms. The van der Waals surface area contributed by atoms with Gasteiger partial charge in [-0.3, -0.25) is 5.10 Å². The molecule has 0 aromatic carbocycles. The highest BCUT2D eigenvalue weighted by Crippen LogP contribution is 2.08. The Hall–Kier alpha value is -0.790. The van der Waals surface area contributed by atoms with Crippen LogP contribution in [0.5, 0.6) is 0 Å². The number of aromatic amines is 1. The van der Waals surface area contributed by atoms with E-state index in [1.807, 2.05) is 6.20 Å². The Labute approximate surface area is 68.0 Å². The predicted octanol–water partition coefficient (Wildman–Crippen LogP) is 2.31. The lowest BCUT2D eigenvalue weighted by molar-refractivity contribution is 0.786. The van der Waals surface area contributed by atoms with Crippen LogP contribution in [0.15, 0.2) is 6.20 Å². The number of rotatable bonds is 4. The van der Waals surface area contributed by atoms with Gasteiger partial charge in [0.05, 0.1) is 6.20 Å². The molecule has 1 aromatic heterocycles. The third-order valence-electron chi connectivity index (χ3n) is 1.96. The topological polar surface area (TPSA) is 28.7 Å². The lowest BCUT2D eigenvalue weighted by Gasteiger charge is -1.97. The fraction of sp³-hybridized carbons (Fsp3) is 0.667. The molecule has 0 aliphatic carbocycles. The molecule has 0 aliphatic rings. The van der Waals surface area contributed by atoms with Gasteiger partial charge in [-0.15, -0.1) is 0 Å². The van der Waals surface area contributed by atoms with Crippen molar-refractivity contribution in [3.05, 3.63) is 17.5 Å². The number of nitrogens with zero attached hydrogens (tertiary/aromatic N) is 1. The fourth-order valence-electron chi connectivity index (χ4n) is 1.23. The molecule has 0 radical (unpaired) electrons. The smallest absolute Gasteiger partial charge is 0.0522 e. The summed E-state index contributed by atoms with van der Waals surface area (Å²) in [6.07, 6.45) is 6.73. The Morgan fingerprint density at radius 1 is 1.45 bits per heavy atom. The van der Waals surface area contributed by atoms with Crippen LogP contribution in [0.1, 0.15) is 37.9 Å². The lowest BCUT2D eigenvalue weighted by Crippen LogP contribution is -1.89. The molecule has 0 bridgehead atoms. The minimum atomic E-state index is 1.07. The molecule has 0 amide bonds. The van der Waals surface area contributed by atoms with Gasteiger partial charge in [-0.1, -0.05) is 20.3 Å². The standard InChI is InChI=1S/C9H16N2/c1-3-5-6-8-7-10-11-9(8)4-2/h7H,3-6H2,1-2H3,(H,10,11). The second-order valence-electron chi connectivity index (χ2n) is 2.83. The first kappa shape index (κ1) is 8.31. The van der Waals surface area contributed by atoms with Crippen LogP contribution in [0.25, 0.3) is 0 Å². The second kappa shape index (κ2) is 4.16. The second-order valence-corrected chi connectivity index (χ2v) is 2.83. The number of nitrogens with one attached hydrogen (secondary N) is 1. The van der Waals surface area contributed by atoms with E-state index in [1.54, 1.807) is 0 Å². The highest BCUT2D eigenvalue weighted by Gasteiger charge is 2.00. The zero-order valence-electron chi connectivity index (χ0n) is 7.35. The Bertz CT molecular complexity index is 203. The van der Waals surface area contributed by atoms with E-state index in [0.29, 0.717) is 0 Å². The van der Waals surface area contributed by atoms with Crippen molar-refractivity contribution < 1.29 is 0 Å². The molecule has 1 N–H and O–H groups in total. The summed E-state index contributed by atoms with van der Waals surface area (Å²) < 4.78 is 0. The maximum Gasteiger partial charge on any atom is 0.0522 e. The van der Waals surface area contributed by atoms with Crippen molar-refractivity contribution in [3.63, 3.8) is 0 Å². The van der Waals surface area contributed by atoms with Gasteiger partial charge >= 0.3 is 0 Å². The summed E-state index contributed by atoms with van der Waals surface area (Å²) in [5.41, 5.74) is 2.70. The van der Waals surface area contributed by atoms with Crippen molar-refractivity contribution >= 4 is 0 Å². The van der Waals surface area contributed by atoms with Gasteiger partial charge in [-0.25, -0.2) is 0 Å². The minimum Gasteiger partial charge on any atom is -0.282 e. The third-order valence-corrected chi connectivity index (χ3v) is 1.96. The monoisotopic (exact) mass is 152 g/mol. The van der Waals surface area contributed by atoms with Gasteiger partial charge in [0.25, 0.3) is 0 Å². The molecular formula is C9H16N2. The van der Waals surface area contributed by atoms with E-state index >= 15 is 0 Å². The fourth-order valence-corrected chi connectivity index (χ4v) is 1.23. The third kappa shape index (κ3) is 2.07. The SMILES string of the molecule is CCCCc1cn[nH]c1CC. The predicted molar refractivity (Wildman–Crippen MR) is 46.6 cm³/mol. The highest BCUT2D eigenvalue weighted by atomic mass is 15.1. The van der Waals surface area contributed by atoms with Gasteiger partial charge in [0.1, 0.15) is 0 Å². The van der Waals surface area contributed by atoms with Gasteiger partial charge < -0.3 is 0 Å². The summed E-state index contributed by atoms with van der Waals surface area (Å²) >= 11 is 0. The molecule has 0 aliphatic heterocycles. The van der Waals surface area contributed by atoms with E-state index in [9.17, 15) is 0 Å². The van der Waals surface area contributed by atoms with Gasteiger partial charge in [-0.05, 0) is 24.8 Å². The lowest BCUT2D eigenvalue weighted by atomic mass is 10.1. The largest absolute Gasteiger partial charge is 0.282 e. The molecule has 0 fully saturated rings. The first-order valence-corrected chi connectivity index (χ1v) is 4.39. The van der Waals surface area contributed by atoms with Crippen LogP contribution < -0.4 is 0 Å². The number of aryl methyl sites for hydroxylation is 2. The number of hydrogen-bond donors (Lipinski definition) is 1. The Kier molecular flexibility index (Phi) is 3.14. The molecule has 0 saturated heterocycles. The van der Waals surface area contributed by atoms with Crippen LogP contribution in [0.2, 0.25) is 0 Å². The summed E-state index contributed by atoms with van der Waals surface area (Å²) in [4.78, 5) is 0. The van der Waals surface area contributed by atoms with Gasteiger partial charge in [0.15, 0.2) is 0 Å². The van der Waals surface area contributed by atoms with Crippen molar-refractivity contribution in [2.75, 3.05) is 0 Å². The summed E-state index contributed by atoms with van der Waals surface area (Å²) in [5.74, 6) is 0. The minimum absolute atomic E-state index is 1.07. The van der Waals surface area contributed by atoms with E-state index in [4.69, 9.17) is 0 Å². The van der Waals surface area contributed by atoms with Crippen LogP contribution in [0.4, 0.5) is 0 Å². The summed E-state index contributed by atoms with van der Waals surface area (Å²) in [6, 6.07) is 0. The Balaban J connectivity index is 2.54. The van der Waals surface area contributed by atoms with Crippen LogP contribution in [-0.4, -0.2) is 10.2 Å². The zero-order chi connectivity index (χ0) is 8.10. The average molecular weight is 152 g/mol. The average Bonchev–Trinajstić information content (AvgIpc) is 2.47. The number of aromatic nitrogens is 2. The zero-order valence-corrected chi connectivity index (χ0v) is 7.35. The summed E-state index contributed by atoms with van der Waals surface area (Å²) in [5, 5.41) is 7.04. The molecule has 1 heterocycles. The van der Waals surface area contributed by atoms with E-state index < -0.39 is 0 Å². The normalized spacial score (nSPS) is 10.4. The molecular weight excluding hydrogens is 136 g/mol. The Morgan fingerprint density at radius 2 is 2.27 bits per heavy atom. The van der Waals surface area contributed by atoms with E-state index in [2.05, 4.69) is 24.0 Å². The quantitative estimate of drug-likeness (QED) is 0.704. The summed E-state index contributed by atoms with van der Waals surface area (Å²) in [7, 11) is 0. The Morgan fingerprint density at radius 3 is 2.91 bits per heavy atom. The van der Waals surface area contributed by atoms with Gasteiger partial charge in [0, 0.05) is 5.69 Å². The van der Waals surface area contributed by atoms with Crippen molar-refractivity contribution in [2.45, 2.75) is 39.5 Å². The van der Waals surface area contributed by atoms with E-state index in [-0.39, 0.29) is 0 Å². The van der Waals surface area contributed by atoms with Crippen LogP contribution in [-0.2, 0) is 12.8 Å². The van der Waals surface area contributed by atoms with Crippen LogP contribution in [0.3, 0.4) is 0 Å². The molecule has 1 rings (SSSR count). The van der Waals surface area contributed by atoms with Gasteiger partial charge in [-0.2, -0.15) is 5.10 Å². The van der Waals surface area contributed by atoms with Crippen molar-refractivity contribution in [1.82, 2.24) is 10.2 Å². The van der Waals surface area contributed by atoms with Crippen molar-refractivity contribution in [1.29, 1.82) is 0 Å². The molecule has 2 nitrogen and oxygen atoms in total. The molecule has 0 unspecified atom stereocenters. The molecule has 2 heteroatoms. The van der Waals surface area contributed by atoms with Gasteiger partial charge in [0.2, 0.25) is 0 Å². The van der Waals surface area contributed by atoms with Crippen molar-refractivity contribution in [2.24, 2.45) is 0 Å². The molecule has 1 aromatic rings. The van der Waals surface area contributed by atoms with E-state index in [0.717, 1.165) is 6.42 Å². The summed E-state index contributed by atoms with van der Waals surface area (Å²) in [6.45, 7) is 4.37. The maximum absolute atomic E-state index is 4.02. The molecule has 0 saturated carbocycles. The first-order chi connectivity index (χ1) is 5.38. The number of H-pyrrole nitrogens is 1. The molecule has 0 spiro atoms. The number of hydrogen-bond acceptors (Lipinski definition) is 1. The van der Waals surface area contributed by atoms with E-state index in [1.165, 1.54) is 30.5 Å². The maximum atomic E-state index is 4.02. The van der Waals surface area contributed by atoms with Crippen LogP contribution >= 0.6 is 0 Å². The molecule has 62 valence electrons. The molecule has 0 atom stereocenters. The van der Waals surface area contributed by atoms with Crippen LogP contribution in [0, 0.1) is 0 Å².